The molecular weight excluding hydrogens is 208 g/mol. The molecule has 1 aromatic rings. The molecule has 0 spiro atoms. The maximum atomic E-state index is 8.79. The highest BCUT2D eigenvalue weighted by molar-refractivity contribution is 5.85. The summed E-state index contributed by atoms with van der Waals surface area (Å²) in [6, 6.07) is 10.5. The van der Waals surface area contributed by atoms with Crippen molar-refractivity contribution < 1.29 is 0 Å². The van der Waals surface area contributed by atoms with Gasteiger partial charge < -0.3 is 5.32 Å². The molecule has 1 saturated heterocycles. The van der Waals surface area contributed by atoms with E-state index in [1.54, 1.807) is 0 Å². The lowest BCUT2D eigenvalue weighted by Crippen LogP contribution is -2.26. The number of halogens is 1. The highest BCUT2D eigenvalue weighted by Gasteiger charge is 2.14. The van der Waals surface area contributed by atoms with E-state index < -0.39 is 0 Å². The minimum Gasteiger partial charge on any atom is -0.310 e. The Kier molecular flexibility index (Phi) is 4.61. The fraction of sp³-hybridized carbons (Fsp3) is 0.417. The van der Waals surface area contributed by atoms with Gasteiger partial charge in [-0.15, -0.1) is 12.4 Å². The van der Waals surface area contributed by atoms with Crippen LogP contribution in [0, 0.1) is 11.3 Å². The average molecular weight is 223 g/mol. The molecule has 3 heteroatoms. The van der Waals surface area contributed by atoms with Crippen LogP contribution in [-0.2, 0) is 0 Å². The number of rotatable bonds is 1. The van der Waals surface area contributed by atoms with Crippen molar-refractivity contribution in [3.8, 4) is 6.07 Å². The van der Waals surface area contributed by atoms with Gasteiger partial charge >= 0.3 is 0 Å². The highest BCUT2D eigenvalue weighted by atomic mass is 35.5. The number of hydrogen-bond acceptors (Lipinski definition) is 2. The molecule has 0 bridgehead atoms. The van der Waals surface area contributed by atoms with Crippen LogP contribution in [0.15, 0.2) is 24.3 Å². The SMILES string of the molecule is Cl.N#Cc1cccc([C@H]2CCCCN2)c1. The monoisotopic (exact) mass is 222 g/mol. The van der Waals surface area contributed by atoms with Gasteiger partial charge in [0.1, 0.15) is 0 Å². The predicted molar refractivity (Wildman–Crippen MR) is 63.0 cm³/mol. The summed E-state index contributed by atoms with van der Waals surface area (Å²) < 4.78 is 0. The molecule has 1 atom stereocenters. The summed E-state index contributed by atoms with van der Waals surface area (Å²) in [4.78, 5) is 0. The third kappa shape index (κ3) is 2.95. The minimum absolute atomic E-state index is 0. The summed E-state index contributed by atoms with van der Waals surface area (Å²) in [5, 5.41) is 12.3. The van der Waals surface area contributed by atoms with Gasteiger partial charge in [-0.05, 0) is 37.1 Å². The van der Waals surface area contributed by atoms with Gasteiger partial charge in [0.2, 0.25) is 0 Å². The van der Waals surface area contributed by atoms with Crippen LogP contribution in [-0.4, -0.2) is 6.54 Å². The van der Waals surface area contributed by atoms with Crippen molar-refractivity contribution in [1.29, 1.82) is 5.26 Å². The summed E-state index contributed by atoms with van der Waals surface area (Å²) in [7, 11) is 0. The van der Waals surface area contributed by atoms with E-state index in [-0.39, 0.29) is 12.4 Å². The molecule has 2 rings (SSSR count). The van der Waals surface area contributed by atoms with Gasteiger partial charge in [-0.2, -0.15) is 5.26 Å². The van der Waals surface area contributed by atoms with Crippen LogP contribution in [0.25, 0.3) is 0 Å². The van der Waals surface area contributed by atoms with Gasteiger partial charge in [-0.1, -0.05) is 18.6 Å². The zero-order valence-electron chi connectivity index (χ0n) is 8.57. The van der Waals surface area contributed by atoms with Crippen LogP contribution in [0.1, 0.15) is 36.4 Å². The molecule has 0 aliphatic carbocycles. The van der Waals surface area contributed by atoms with Gasteiger partial charge in [0.15, 0.2) is 0 Å². The maximum Gasteiger partial charge on any atom is 0.0991 e. The van der Waals surface area contributed by atoms with E-state index in [0.29, 0.717) is 6.04 Å². The van der Waals surface area contributed by atoms with E-state index in [0.717, 1.165) is 12.1 Å². The minimum atomic E-state index is 0. The van der Waals surface area contributed by atoms with E-state index in [9.17, 15) is 0 Å². The summed E-state index contributed by atoms with van der Waals surface area (Å²) in [5.41, 5.74) is 2.01. The van der Waals surface area contributed by atoms with Gasteiger partial charge in [-0.25, -0.2) is 0 Å². The van der Waals surface area contributed by atoms with Crippen molar-refractivity contribution >= 4 is 12.4 Å². The van der Waals surface area contributed by atoms with Crippen molar-refractivity contribution in [3.05, 3.63) is 35.4 Å². The second kappa shape index (κ2) is 5.75. The fourth-order valence-electron chi connectivity index (χ4n) is 1.96. The number of benzene rings is 1. The molecule has 1 aromatic carbocycles. The van der Waals surface area contributed by atoms with Gasteiger partial charge in [0.25, 0.3) is 0 Å². The number of hydrogen-bond donors (Lipinski definition) is 1. The van der Waals surface area contributed by atoms with E-state index in [4.69, 9.17) is 5.26 Å². The summed E-state index contributed by atoms with van der Waals surface area (Å²) in [6.45, 7) is 1.10. The molecule has 1 aliphatic heterocycles. The standard InChI is InChI=1S/C12H14N2.ClH/c13-9-10-4-3-5-11(8-10)12-6-1-2-7-14-12;/h3-5,8,12,14H,1-2,6-7H2;1H/t12-;/m1./s1. The number of nitrogens with one attached hydrogen (secondary N) is 1. The largest absolute Gasteiger partial charge is 0.310 e. The first-order valence-corrected chi connectivity index (χ1v) is 5.13. The van der Waals surface area contributed by atoms with Gasteiger partial charge in [-0.3, -0.25) is 0 Å². The number of nitriles is 1. The molecule has 15 heavy (non-hydrogen) atoms. The van der Waals surface area contributed by atoms with Crippen LogP contribution in [0.2, 0.25) is 0 Å². The lowest BCUT2D eigenvalue weighted by Gasteiger charge is -2.23. The van der Waals surface area contributed by atoms with Crippen LogP contribution < -0.4 is 5.32 Å². The van der Waals surface area contributed by atoms with Crippen molar-refractivity contribution in [1.82, 2.24) is 5.32 Å². The first-order chi connectivity index (χ1) is 6.90. The fourth-order valence-corrected chi connectivity index (χ4v) is 1.96. The molecule has 2 nitrogen and oxygen atoms in total. The summed E-state index contributed by atoms with van der Waals surface area (Å²) in [5.74, 6) is 0. The van der Waals surface area contributed by atoms with E-state index in [2.05, 4.69) is 17.5 Å². The van der Waals surface area contributed by atoms with Crippen LogP contribution in [0.3, 0.4) is 0 Å². The van der Waals surface area contributed by atoms with E-state index in [1.807, 2.05) is 18.2 Å². The van der Waals surface area contributed by atoms with Crippen molar-refractivity contribution in [2.45, 2.75) is 25.3 Å². The second-order valence-corrected chi connectivity index (χ2v) is 3.74. The predicted octanol–water partition coefficient (Wildman–Crippen LogP) is 2.79. The summed E-state index contributed by atoms with van der Waals surface area (Å²) >= 11 is 0. The van der Waals surface area contributed by atoms with Crippen molar-refractivity contribution in [2.24, 2.45) is 0 Å². The van der Waals surface area contributed by atoms with Gasteiger partial charge in [0, 0.05) is 6.04 Å². The number of nitrogens with zero attached hydrogens (tertiary/aromatic N) is 1. The second-order valence-electron chi connectivity index (χ2n) is 3.74. The molecule has 1 fully saturated rings. The molecule has 1 aliphatic rings. The average Bonchev–Trinajstić information content (AvgIpc) is 2.30. The Morgan fingerprint density at radius 2 is 2.20 bits per heavy atom. The lowest BCUT2D eigenvalue weighted by atomic mass is 9.96. The molecule has 1 N–H and O–H groups in total. The first kappa shape index (κ1) is 12.0. The molecule has 1 heterocycles. The molecule has 0 unspecified atom stereocenters. The molecule has 0 aromatic heterocycles. The van der Waals surface area contributed by atoms with E-state index >= 15 is 0 Å². The highest BCUT2D eigenvalue weighted by Crippen LogP contribution is 2.23. The molecule has 0 radical (unpaired) electrons. The Morgan fingerprint density at radius 3 is 2.87 bits per heavy atom. The Hall–Kier alpha value is -1.04. The summed E-state index contributed by atoms with van der Waals surface area (Å²) in [6.07, 6.45) is 3.75. The van der Waals surface area contributed by atoms with E-state index in [1.165, 1.54) is 24.8 Å². The quantitative estimate of drug-likeness (QED) is 0.793. The third-order valence-electron chi connectivity index (χ3n) is 2.73. The van der Waals surface area contributed by atoms with Crippen molar-refractivity contribution in [3.63, 3.8) is 0 Å². The topological polar surface area (TPSA) is 35.8 Å². The zero-order valence-corrected chi connectivity index (χ0v) is 9.39. The van der Waals surface area contributed by atoms with Crippen LogP contribution in [0.5, 0.6) is 0 Å². The lowest BCUT2D eigenvalue weighted by molar-refractivity contribution is 0.412. The number of piperidine rings is 1. The smallest absolute Gasteiger partial charge is 0.0991 e. The third-order valence-corrected chi connectivity index (χ3v) is 2.73. The Labute approximate surface area is 96.7 Å². The Bertz CT molecular complexity index is 351. The first-order valence-electron chi connectivity index (χ1n) is 5.13. The van der Waals surface area contributed by atoms with Crippen LogP contribution >= 0.6 is 12.4 Å². The molecule has 0 amide bonds. The molecule has 0 saturated carbocycles. The Balaban J connectivity index is 0.00000112. The molecular formula is C12H15ClN2. The van der Waals surface area contributed by atoms with Crippen molar-refractivity contribution in [2.75, 3.05) is 6.54 Å². The normalized spacial score (nSPS) is 20.1. The van der Waals surface area contributed by atoms with Gasteiger partial charge in [0.05, 0.1) is 11.6 Å². The molecule has 80 valence electrons. The maximum absolute atomic E-state index is 8.79. The Morgan fingerprint density at radius 1 is 1.33 bits per heavy atom. The van der Waals surface area contributed by atoms with Crippen LogP contribution in [0.4, 0.5) is 0 Å². The zero-order chi connectivity index (χ0) is 9.80.